The first-order chi connectivity index (χ1) is 11.8. The van der Waals surface area contributed by atoms with Crippen LogP contribution in [-0.2, 0) is 11.0 Å². The lowest BCUT2D eigenvalue weighted by Crippen LogP contribution is -2.49. The lowest BCUT2D eigenvalue weighted by Gasteiger charge is -2.35. The van der Waals surface area contributed by atoms with Crippen molar-refractivity contribution in [2.75, 3.05) is 37.6 Å². The van der Waals surface area contributed by atoms with Crippen LogP contribution in [0.3, 0.4) is 0 Å². The zero-order valence-corrected chi connectivity index (χ0v) is 13.4. The third kappa shape index (κ3) is 5.50. The minimum absolute atomic E-state index is 0.0628. The van der Waals surface area contributed by atoms with Crippen LogP contribution in [-0.4, -0.2) is 59.7 Å². The Morgan fingerprint density at radius 1 is 1.20 bits per heavy atom. The molecule has 2 N–H and O–H groups in total. The molecule has 2 rings (SSSR count). The molecule has 7 nitrogen and oxygen atoms in total. The predicted molar refractivity (Wildman–Crippen MR) is 83.3 cm³/mol. The fourth-order valence-electron chi connectivity index (χ4n) is 2.52. The molecule has 0 atom stereocenters. The lowest BCUT2D eigenvalue weighted by atomic mass is 10.2. The largest absolute Gasteiger partial charge is 0.465 e. The van der Waals surface area contributed by atoms with E-state index in [1.807, 2.05) is 4.90 Å². The summed E-state index contributed by atoms with van der Waals surface area (Å²) in [5.74, 6) is 0.387. The molecular weight excluding hydrogens is 341 g/mol. The molecule has 1 saturated heterocycles. The van der Waals surface area contributed by atoms with Crippen LogP contribution in [0.15, 0.2) is 18.3 Å². The Morgan fingerprint density at radius 2 is 1.88 bits per heavy atom. The Labute approximate surface area is 142 Å². The van der Waals surface area contributed by atoms with Gasteiger partial charge in [-0.3, -0.25) is 4.79 Å². The van der Waals surface area contributed by atoms with E-state index < -0.39 is 17.8 Å². The summed E-state index contributed by atoms with van der Waals surface area (Å²) >= 11 is 0. The Kier molecular flexibility index (Phi) is 6.05. The first-order valence-corrected chi connectivity index (χ1v) is 7.80. The van der Waals surface area contributed by atoms with E-state index in [1.54, 1.807) is 4.90 Å². The second-order valence-corrected chi connectivity index (χ2v) is 5.61. The molecule has 1 aliphatic heterocycles. The SMILES string of the molecule is O=C(O)NCCCC(=O)N1CCN(c2ccc(C(F)(F)F)cn2)CC1. The maximum atomic E-state index is 12.5. The van der Waals surface area contributed by atoms with Gasteiger partial charge in [0.05, 0.1) is 5.56 Å². The molecule has 0 bridgehead atoms. The molecule has 1 fully saturated rings. The first kappa shape index (κ1) is 18.8. The summed E-state index contributed by atoms with van der Waals surface area (Å²) in [7, 11) is 0. The number of carboxylic acid groups (broad SMARTS) is 1. The highest BCUT2D eigenvalue weighted by molar-refractivity contribution is 5.76. The van der Waals surface area contributed by atoms with E-state index in [0.29, 0.717) is 38.4 Å². The summed E-state index contributed by atoms with van der Waals surface area (Å²) in [5.41, 5.74) is -0.792. The highest BCUT2D eigenvalue weighted by Gasteiger charge is 2.31. The van der Waals surface area contributed by atoms with Crippen molar-refractivity contribution < 1.29 is 27.9 Å². The molecule has 0 saturated carbocycles. The number of rotatable bonds is 5. The molecule has 10 heteroatoms. The Hall–Kier alpha value is -2.52. The Bertz CT molecular complexity index is 599. The number of amides is 2. The molecule has 1 aromatic heterocycles. The average Bonchev–Trinajstić information content (AvgIpc) is 2.58. The maximum absolute atomic E-state index is 12.5. The van der Waals surface area contributed by atoms with Crippen LogP contribution >= 0.6 is 0 Å². The summed E-state index contributed by atoms with van der Waals surface area (Å²) in [5, 5.41) is 10.6. The highest BCUT2D eigenvalue weighted by atomic mass is 19.4. The van der Waals surface area contributed by atoms with Gasteiger partial charge in [-0.2, -0.15) is 13.2 Å². The van der Waals surface area contributed by atoms with Crippen LogP contribution in [0.25, 0.3) is 0 Å². The average molecular weight is 360 g/mol. The van der Waals surface area contributed by atoms with Crippen LogP contribution in [0, 0.1) is 0 Å². The fourth-order valence-corrected chi connectivity index (χ4v) is 2.52. The van der Waals surface area contributed by atoms with E-state index in [-0.39, 0.29) is 18.9 Å². The second-order valence-electron chi connectivity index (χ2n) is 5.61. The molecule has 0 radical (unpaired) electrons. The molecule has 0 spiro atoms. The van der Waals surface area contributed by atoms with Crippen molar-refractivity contribution >= 4 is 17.8 Å². The van der Waals surface area contributed by atoms with E-state index in [9.17, 15) is 22.8 Å². The van der Waals surface area contributed by atoms with Crippen LogP contribution < -0.4 is 10.2 Å². The smallest absolute Gasteiger partial charge is 0.417 e. The summed E-state index contributed by atoms with van der Waals surface area (Å²) in [6, 6.07) is 2.33. The number of aromatic nitrogens is 1. The first-order valence-electron chi connectivity index (χ1n) is 7.80. The molecule has 0 unspecified atom stereocenters. The van der Waals surface area contributed by atoms with Gasteiger partial charge in [-0.25, -0.2) is 9.78 Å². The van der Waals surface area contributed by atoms with Gasteiger partial charge in [0, 0.05) is 45.3 Å². The maximum Gasteiger partial charge on any atom is 0.417 e. The number of hydrogen-bond acceptors (Lipinski definition) is 4. The van der Waals surface area contributed by atoms with E-state index in [4.69, 9.17) is 5.11 Å². The zero-order chi connectivity index (χ0) is 18.4. The van der Waals surface area contributed by atoms with Gasteiger partial charge < -0.3 is 20.2 Å². The number of carbonyl (C=O) groups is 2. The van der Waals surface area contributed by atoms with Gasteiger partial charge >= 0.3 is 12.3 Å². The van der Waals surface area contributed by atoms with E-state index in [2.05, 4.69) is 10.3 Å². The van der Waals surface area contributed by atoms with Crippen molar-refractivity contribution in [2.45, 2.75) is 19.0 Å². The summed E-state index contributed by atoms with van der Waals surface area (Å²) in [4.78, 5) is 29.7. The second kappa shape index (κ2) is 8.04. The molecule has 138 valence electrons. The van der Waals surface area contributed by atoms with Gasteiger partial charge in [-0.05, 0) is 18.6 Å². The van der Waals surface area contributed by atoms with Crippen molar-refractivity contribution in [3.63, 3.8) is 0 Å². The molecule has 2 heterocycles. The Morgan fingerprint density at radius 3 is 2.40 bits per heavy atom. The van der Waals surface area contributed by atoms with Gasteiger partial charge in [-0.15, -0.1) is 0 Å². The van der Waals surface area contributed by atoms with E-state index >= 15 is 0 Å². The quantitative estimate of drug-likeness (QED) is 0.782. The van der Waals surface area contributed by atoms with Gasteiger partial charge in [0.1, 0.15) is 5.82 Å². The van der Waals surface area contributed by atoms with Gasteiger partial charge in [0.25, 0.3) is 0 Å². The summed E-state index contributed by atoms with van der Waals surface area (Å²) in [6.45, 7) is 2.09. The third-order valence-electron chi connectivity index (χ3n) is 3.88. The van der Waals surface area contributed by atoms with Gasteiger partial charge in [0.2, 0.25) is 5.91 Å². The lowest BCUT2D eigenvalue weighted by molar-refractivity contribution is -0.137. The number of carbonyl (C=O) groups excluding carboxylic acids is 1. The molecule has 2 amide bonds. The van der Waals surface area contributed by atoms with Crippen LogP contribution in [0.4, 0.5) is 23.8 Å². The minimum Gasteiger partial charge on any atom is -0.465 e. The van der Waals surface area contributed by atoms with E-state index in [1.165, 1.54) is 6.07 Å². The van der Waals surface area contributed by atoms with Crippen molar-refractivity contribution in [1.82, 2.24) is 15.2 Å². The van der Waals surface area contributed by atoms with E-state index in [0.717, 1.165) is 12.3 Å². The number of piperazine rings is 1. The molecule has 0 aromatic carbocycles. The molecular formula is C15H19F3N4O3. The number of alkyl halides is 3. The third-order valence-corrected chi connectivity index (χ3v) is 3.88. The molecule has 25 heavy (non-hydrogen) atoms. The van der Waals surface area contributed by atoms with Gasteiger partial charge in [-0.1, -0.05) is 0 Å². The van der Waals surface area contributed by atoms with Crippen LogP contribution in [0.1, 0.15) is 18.4 Å². The predicted octanol–water partition coefficient (Wildman–Crippen LogP) is 1.80. The number of nitrogens with one attached hydrogen (secondary N) is 1. The fraction of sp³-hybridized carbons (Fsp3) is 0.533. The topological polar surface area (TPSA) is 85.8 Å². The number of anilines is 1. The molecule has 0 aliphatic carbocycles. The summed E-state index contributed by atoms with van der Waals surface area (Å²) in [6.07, 6.45) is -4.05. The number of nitrogens with zero attached hydrogens (tertiary/aromatic N) is 3. The zero-order valence-electron chi connectivity index (χ0n) is 13.4. The Balaban J connectivity index is 1.79. The number of halogens is 3. The minimum atomic E-state index is -4.41. The van der Waals surface area contributed by atoms with Crippen molar-refractivity contribution in [3.05, 3.63) is 23.9 Å². The summed E-state index contributed by atoms with van der Waals surface area (Å²) < 4.78 is 37.6. The molecule has 1 aliphatic rings. The van der Waals surface area contributed by atoms with Crippen LogP contribution in [0.2, 0.25) is 0 Å². The monoisotopic (exact) mass is 360 g/mol. The number of pyridine rings is 1. The normalized spacial score (nSPS) is 15.2. The highest BCUT2D eigenvalue weighted by Crippen LogP contribution is 2.29. The molecule has 1 aromatic rings. The van der Waals surface area contributed by atoms with Crippen molar-refractivity contribution in [3.8, 4) is 0 Å². The standard InChI is InChI=1S/C15H19F3N4O3/c16-15(17,18)11-3-4-12(20-10-11)21-6-8-22(9-7-21)13(23)2-1-5-19-14(24)25/h3-4,10,19H,1-2,5-9H2,(H,24,25). The van der Waals surface area contributed by atoms with Crippen LogP contribution in [0.5, 0.6) is 0 Å². The van der Waals surface area contributed by atoms with Crippen molar-refractivity contribution in [2.24, 2.45) is 0 Å². The number of hydrogen-bond donors (Lipinski definition) is 2. The van der Waals surface area contributed by atoms with Crippen molar-refractivity contribution in [1.29, 1.82) is 0 Å². The van der Waals surface area contributed by atoms with Gasteiger partial charge in [0.15, 0.2) is 0 Å².